The zero-order valence-corrected chi connectivity index (χ0v) is 43.8. The van der Waals surface area contributed by atoms with Crippen LogP contribution in [0.2, 0.25) is 0 Å². The number of rotatable bonds is 15. The Morgan fingerprint density at radius 1 is 0.986 bits per heavy atom. The van der Waals surface area contributed by atoms with Crippen LogP contribution in [-0.4, -0.2) is 115 Å². The highest BCUT2D eigenvalue weighted by molar-refractivity contribution is 7.90. The van der Waals surface area contributed by atoms with Crippen LogP contribution in [0.1, 0.15) is 125 Å². The number of aliphatic hydroxyl groups is 1. The number of nitro groups is 1. The van der Waals surface area contributed by atoms with Crippen LogP contribution in [0.3, 0.4) is 0 Å². The van der Waals surface area contributed by atoms with Crippen LogP contribution in [0.15, 0.2) is 77.8 Å². The predicted octanol–water partition coefficient (Wildman–Crippen LogP) is 9.54. The molecule has 0 unspecified atom stereocenters. The van der Waals surface area contributed by atoms with Crippen molar-refractivity contribution < 1.29 is 37.5 Å². The molecule has 18 heteroatoms. The van der Waals surface area contributed by atoms with E-state index in [1.165, 1.54) is 42.9 Å². The minimum Gasteiger partial charge on any atom is -0.489 e. The first kappa shape index (κ1) is 50.2. The SMILES string of the molecule is CC(C)c1ccccc1[C@H]1CCCN1C1CC2(CCN(c3ccc(C(=O)NS(=O)(=O)c4cc5c(c([N+](=O)[O-])c4)N[C@@H](C4CCC(C)(C)CC4)CO5)c(Oc4cc5cc[nH]c5nc4OCCN4CC(O)C4)c3)CC2)C1. The maximum absolute atomic E-state index is 14.5. The van der Waals surface area contributed by atoms with Crippen LogP contribution in [-0.2, 0) is 10.0 Å². The second kappa shape index (κ2) is 20.0. The van der Waals surface area contributed by atoms with Gasteiger partial charge in [0.15, 0.2) is 17.2 Å². The molecule has 4 aliphatic heterocycles. The van der Waals surface area contributed by atoms with Crippen LogP contribution < -0.4 is 29.1 Å². The molecule has 3 aromatic carbocycles. The van der Waals surface area contributed by atoms with Crippen molar-refractivity contribution in [3.63, 3.8) is 0 Å². The molecule has 3 saturated heterocycles. The highest BCUT2D eigenvalue weighted by atomic mass is 32.2. The molecule has 0 radical (unpaired) electrons. The number of nitro benzene ring substituents is 1. The number of ether oxygens (including phenoxy) is 3. The Kier molecular flexibility index (Phi) is 13.5. The summed E-state index contributed by atoms with van der Waals surface area (Å²) in [5, 5.41) is 26.4. The average Bonchev–Trinajstić information content (AvgIpc) is 4.05. The van der Waals surface area contributed by atoms with Crippen LogP contribution in [0.25, 0.3) is 11.0 Å². The van der Waals surface area contributed by atoms with E-state index < -0.39 is 31.4 Å². The Morgan fingerprint density at radius 3 is 2.50 bits per heavy atom. The normalized spacial score (nSPS) is 22.4. The van der Waals surface area contributed by atoms with Crippen molar-refractivity contribution in [1.29, 1.82) is 0 Å². The Labute approximate surface area is 433 Å². The van der Waals surface area contributed by atoms with Gasteiger partial charge in [-0.2, -0.15) is 4.98 Å². The monoisotopic (exact) mass is 1030 g/mol. The summed E-state index contributed by atoms with van der Waals surface area (Å²) in [6.07, 6.45) is 12.2. The third-order valence-corrected chi connectivity index (χ3v) is 18.5. The molecule has 6 heterocycles. The summed E-state index contributed by atoms with van der Waals surface area (Å²) in [5.41, 5.74) is 4.42. The van der Waals surface area contributed by atoms with Crippen molar-refractivity contribution in [2.75, 3.05) is 62.7 Å². The molecule has 6 aliphatic rings. The molecule has 2 atom stereocenters. The van der Waals surface area contributed by atoms with Crippen molar-refractivity contribution in [3.05, 3.63) is 99.7 Å². The number of amides is 1. The van der Waals surface area contributed by atoms with Gasteiger partial charge in [-0.15, -0.1) is 0 Å². The highest BCUT2D eigenvalue weighted by Gasteiger charge is 2.50. The highest BCUT2D eigenvalue weighted by Crippen LogP contribution is 2.55. The van der Waals surface area contributed by atoms with Crippen molar-refractivity contribution in [2.24, 2.45) is 16.7 Å². The molecule has 1 spiro atoms. The third-order valence-electron chi connectivity index (χ3n) is 17.2. The fourth-order valence-electron chi connectivity index (χ4n) is 12.8. The maximum Gasteiger partial charge on any atom is 0.297 e. The quantitative estimate of drug-likeness (QED) is 0.0570. The fourth-order valence-corrected chi connectivity index (χ4v) is 13.8. The second-order valence-electron chi connectivity index (χ2n) is 23.1. The Bertz CT molecular complexity index is 3020. The van der Waals surface area contributed by atoms with Crippen LogP contribution >= 0.6 is 0 Å². The minimum absolute atomic E-state index is 0.0339. The number of β-amino-alcohol motifs (C(OH)–C–C–N with tert-alkyl or cyclic N) is 1. The number of pyridine rings is 1. The van der Waals surface area contributed by atoms with Crippen molar-refractivity contribution in [2.45, 2.75) is 127 Å². The molecule has 0 bridgehead atoms. The Balaban J connectivity index is 0.837. The van der Waals surface area contributed by atoms with Gasteiger partial charge in [-0.25, -0.2) is 13.1 Å². The summed E-state index contributed by atoms with van der Waals surface area (Å²) in [5.74, 6) is 0.235. The molecule has 1 amide bonds. The van der Waals surface area contributed by atoms with Crippen molar-refractivity contribution in [3.8, 4) is 23.1 Å². The lowest BCUT2D eigenvalue weighted by atomic mass is 9.59. The lowest BCUT2D eigenvalue weighted by Gasteiger charge is -2.56. The third kappa shape index (κ3) is 10.1. The number of H-pyrrole nitrogens is 1. The molecule has 2 aliphatic carbocycles. The first-order chi connectivity index (χ1) is 35.5. The lowest BCUT2D eigenvalue weighted by molar-refractivity contribution is -0.384. The van der Waals surface area contributed by atoms with E-state index in [2.05, 4.69) is 81.7 Å². The number of likely N-dealkylation sites (tertiary alicyclic amines) is 2. The van der Waals surface area contributed by atoms with Gasteiger partial charge in [-0.1, -0.05) is 52.0 Å². The van der Waals surface area contributed by atoms with Gasteiger partial charge in [-0.3, -0.25) is 24.7 Å². The molecular formula is C56H70N8O9S. The summed E-state index contributed by atoms with van der Waals surface area (Å²) < 4.78 is 49.6. The number of hydrogen-bond donors (Lipinski definition) is 4. The average molecular weight is 1030 g/mol. The largest absolute Gasteiger partial charge is 0.489 e. The smallest absolute Gasteiger partial charge is 0.297 e. The topological polar surface area (TPSA) is 205 Å². The first-order valence-corrected chi connectivity index (χ1v) is 28.2. The molecule has 394 valence electrons. The van der Waals surface area contributed by atoms with Gasteiger partial charge < -0.3 is 34.5 Å². The van der Waals surface area contributed by atoms with E-state index in [-0.39, 0.29) is 76.5 Å². The minimum atomic E-state index is -4.71. The number of carbonyl (C=O) groups is 1. The molecule has 74 heavy (non-hydrogen) atoms. The first-order valence-electron chi connectivity index (χ1n) is 26.7. The van der Waals surface area contributed by atoms with Gasteiger partial charge in [0.05, 0.1) is 27.5 Å². The summed E-state index contributed by atoms with van der Waals surface area (Å²) >= 11 is 0. The maximum atomic E-state index is 14.5. The van der Waals surface area contributed by atoms with Crippen LogP contribution in [0, 0.1) is 26.9 Å². The standard InChI is InChI=1S/C56H70N8O9S/c1-35(2)42-8-5-6-9-43(42)46-10-7-21-63(46)39-30-56(31-39)18-22-62(23-19-56)38-11-12-44(48(27-38)73-50-26-37-15-20-57-52(37)59-54(50)71-25-24-61-32-40(65)33-61)53(66)60-74(69,70)41-28-47(64(67)68)51-49(29-41)72-34-45(58-51)36-13-16-55(3,4)17-14-36/h5-6,8-9,11-12,15,20,26-29,35-36,39-40,45-46,58,65H,7,10,13-14,16-19,21-25,30-34H2,1-4H3,(H,57,59)(H,60,66)/t45-,46-/m1/s1. The van der Waals surface area contributed by atoms with Crippen LogP contribution in [0.4, 0.5) is 17.1 Å². The molecule has 17 nitrogen and oxygen atoms in total. The zero-order chi connectivity index (χ0) is 51.5. The summed E-state index contributed by atoms with van der Waals surface area (Å²) in [4.78, 5) is 40.9. The molecule has 4 N–H and O–H groups in total. The number of sulfonamides is 1. The Morgan fingerprint density at radius 2 is 1.76 bits per heavy atom. The number of benzene rings is 3. The molecule has 5 aromatic rings. The summed E-state index contributed by atoms with van der Waals surface area (Å²) in [7, 11) is -4.71. The van der Waals surface area contributed by atoms with E-state index in [9.17, 15) is 28.4 Å². The number of nitrogens with zero attached hydrogens (tertiary/aromatic N) is 5. The summed E-state index contributed by atoms with van der Waals surface area (Å²) in [6, 6.07) is 20.8. The Hall–Kier alpha value is -5.95. The number of piperidine rings is 1. The van der Waals surface area contributed by atoms with Gasteiger partial charge >= 0.3 is 0 Å². The number of hydrogen-bond acceptors (Lipinski definition) is 14. The number of fused-ring (bicyclic) bond motifs is 2. The van der Waals surface area contributed by atoms with Crippen molar-refractivity contribution >= 4 is 44.0 Å². The molecule has 5 fully saturated rings. The van der Waals surface area contributed by atoms with Gasteiger partial charge in [0.1, 0.15) is 24.6 Å². The molecule has 2 aromatic heterocycles. The van der Waals surface area contributed by atoms with Crippen molar-refractivity contribution in [1.82, 2.24) is 24.5 Å². The van der Waals surface area contributed by atoms with Crippen LogP contribution in [0.5, 0.6) is 23.1 Å². The zero-order valence-electron chi connectivity index (χ0n) is 43.0. The molecule has 11 rings (SSSR count). The predicted molar refractivity (Wildman–Crippen MR) is 283 cm³/mol. The van der Waals surface area contributed by atoms with E-state index >= 15 is 0 Å². The van der Waals surface area contributed by atoms with Gasteiger partial charge in [0.2, 0.25) is 0 Å². The van der Waals surface area contributed by atoms with Gasteiger partial charge in [0, 0.05) is 80.3 Å². The summed E-state index contributed by atoms with van der Waals surface area (Å²) in [6.45, 7) is 13.9. The van der Waals surface area contributed by atoms with Gasteiger partial charge in [-0.05, 0) is 129 Å². The van der Waals surface area contributed by atoms with E-state index in [1.807, 2.05) is 12.1 Å². The molecular weight excluding hydrogens is 961 g/mol. The van der Waals surface area contributed by atoms with E-state index in [0.717, 1.165) is 75.3 Å². The van der Waals surface area contributed by atoms with E-state index in [1.54, 1.807) is 24.4 Å². The number of anilines is 2. The number of nitrogens with one attached hydrogen (secondary N) is 3. The van der Waals surface area contributed by atoms with E-state index in [4.69, 9.17) is 19.2 Å². The fraction of sp³-hybridized carbons (Fsp3) is 0.536. The van der Waals surface area contributed by atoms with E-state index in [0.29, 0.717) is 43.3 Å². The lowest BCUT2D eigenvalue weighted by Crippen LogP contribution is -2.54. The number of carbonyl (C=O) groups excluding carboxylic acids is 1. The number of aromatic amines is 1. The number of aromatic nitrogens is 2. The van der Waals surface area contributed by atoms with Gasteiger partial charge in [0.25, 0.3) is 27.5 Å². The second-order valence-corrected chi connectivity index (χ2v) is 24.7. The number of aliphatic hydroxyl groups excluding tert-OH is 1. The molecule has 2 saturated carbocycles.